The van der Waals surface area contributed by atoms with Gasteiger partial charge < -0.3 is 5.32 Å². The molecule has 2 heteroatoms. The van der Waals surface area contributed by atoms with Crippen LogP contribution in [0.4, 0.5) is 0 Å². The van der Waals surface area contributed by atoms with Crippen molar-refractivity contribution in [1.29, 1.82) is 0 Å². The molecule has 70 valence electrons. The lowest BCUT2D eigenvalue weighted by Crippen LogP contribution is -2.18. The van der Waals surface area contributed by atoms with Crippen molar-refractivity contribution in [2.24, 2.45) is 5.92 Å². The van der Waals surface area contributed by atoms with E-state index < -0.39 is 0 Å². The molecule has 0 fully saturated rings. The van der Waals surface area contributed by atoms with Gasteiger partial charge in [0.2, 0.25) is 0 Å². The minimum Gasteiger partial charge on any atom is -0.319 e. The standard InChI is InChI=1S/C11H14BrN/c1-13-7-8-4-9-2-3-11(12)6-10(9)5-8/h2-3,6,8,13H,4-5,7H2,1H3. The third kappa shape index (κ3) is 1.94. The topological polar surface area (TPSA) is 12.0 Å². The van der Waals surface area contributed by atoms with Crippen molar-refractivity contribution in [3.05, 3.63) is 33.8 Å². The van der Waals surface area contributed by atoms with Gasteiger partial charge in [0.1, 0.15) is 0 Å². The fourth-order valence-corrected chi connectivity index (χ4v) is 2.52. The van der Waals surface area contributed by atoms with Gasteiger partial charge in [-0.2, -0.15) is 0 Å². The molecule has 1 aliphatic rings. The third-order valence-electron chi connectivity index (χ3n) is 2.68. The zero-order valence-corrected chi connectivity index (χ0v) is 9.39. The Morgan fingerprint density at radius 3 is 2.92 bits per heavy atom. The molecule has 1 nitrogen and oxygen atoms in total. The van der Waals surface area contributed by atoms with Crippen molar-refractivity contribution < 1.29 is 0 Å². The van der Waals surface area contributed by atoms with Gasteiger partial charge in [0, 0.05) is 4.47 Å². The first-order valence-corrected chi connectivity index (χ1v) is 5.51. The van der Waals surface area contributed by atoms with Gasteiger partial charge in [0.05, 0.1) is 0 Å². The largest absolute Gasteiger partial charge is 0.319 e. The first-order chi connectivity index (χ1) is 6.29. The van der Waals surface area contributed by atoms with Crippen LogP contribution in [0.15, 0.2) is 22.7 Å². The van der Waals surface area contributed by atoms with E-state index in [1.54, 1.807) is 0 Å². The molecule has 0 aliphatic heterocycles. The monoisotopic (exact) mass is 239 g/mol. The molecule has 0 saturated carbocycles. The predicted octanol–water partition coefficient (Wildman–Crippen LogP) is 2.38. The maximum atomic E-state index is 3.51. The number of hydrogen-bond donors (Lipinski definition) is 1. The van der Waals surface area contributed by atoms with Crippen molar-refractivity contribution in [3.8, 4) is 0 Å². The fraction of sp³-hybridized carbons (Fsp3) is 0.455. The fourth-order valence-electron chi connectivity index (χ4n) is 2.11. The summed E-state index contributed by atoms with van der Waals surface area (Å²) in [6.07, 6.45) is 2.47. The highest BCUT2D eigenvalue weighted by Crippen LogP contribution is 2.28. The van der Waals surface area contributed by atoms with E-state index in [1.165, 1.54) is 28.4 Å². The average Bonchev–Trinajstić information content (AvgIpc) is 2.46. The lowest BCUT2D eigenvalue weighted by Gasteiger charge is -2.05. The van der Waals surface area contributed by atoms with E-state index in [4.69, 9.17) is 0 Å². The van der Waals surface area contributed by atoms with Crippen LogP contribution in [0.1, 0.15) is 11.1 Å². The summed E-state index contributed by atoms with van der Waals surface area (Å²) in [5, 5.41) is 3.25. The zero-order chi connectivity index (χ0) is 9.26. The smallest absolute Gasteiger partial charge is 0.0178 e. The van der Waals surface area contributed by atoms with E-state index in [9.17, 15) is 0 Å². The summed E-state index contributed by atoms with van der Waals surface area (Å²) in [7, 11) is 2.03. The summed E-state index contributed by atoms with van der Waals surface area (Å²) in [6.45, 7) is 1.13. The second-order valence-corrected chi connectivity index (χ2v) is 4.66. The maximum absolute atomic E-state index is 3.51. The minimum absolute atomic E-state index is 0.800. The van der Waals surface area contributed by atoms with Crippen molar-refractivity contribution in [1.82, 2.24) is 5.32 Å². The molecule has 1 aromatic rings. The number of fused-ring (bicyclic) bond motifs is 1. The van der Waals surface area contributed by atoms with Crippen LogP contribution in [0.2, 0.25) is 0 Å². The molecule has 1 N–H and O–H groups in total. The van der Waals surface area contributed by atoms with Gasteiger partial charge in [0.15, 0.2) is 0 Å². The van der Waals surface area contributed by atoms with E-state index in [1.807, 2.05) is 7.05 Å². The summed E-state index contributed by atoms with van der Waals surface area (Å²) < 4.78 is 1.20. The normalized spacial score (nSPS) is 20.3. The highest BCUT2D eigenvalue weighted by atomic mass is 79.9. The Balaban J connectivity index is 2.16. The van der Waals surface area contributed by atoms with Gasteiger partial charge in [-0.1, -0.05) is 22.0 Å². The number of hydrogen-bond acceptors (Lipinski definition) is 1. The maximum Gasteiger partial charge on any atom is 0.0178 e. The van der Waals surface area contributed by atoms with E-state index in [-0.39, 0.29) is 0 Å². The van der Waals surface area contributed by atoms with Crippen molar-refractivity contribution in [2.45, 2.75) is 12.8 Å². The third-order valence-corrected chi connectivity index (χ3v) is 3.17. The molecule has 0 aromatic heterocycles. The Hall–Kier alpha value is -0.340. The highest BCUT2D eigenvalue weighted by molar-refractivity contribution is 9.10. The summed E-state index contributed by atoms with van der Waals surface area (Å²) >= 11 is 3.51. The van der Waals surface area contributed by atoms with Crippen molar-refractivity contribution >= 4 is 15.9 Å². The highest BCUT2D eigenvalue weighted by Gasteiger charge is 2.20. The molecule has 0 amide bonds. The molecule has 1 atom stereocenters. The molecule has 0 heterocycles. The molecular weight excluding hydrogens is 226 g/mol. The molecule has 13 heavy (non-hydrogen) atoms. The number of halogens is 1. The first kappa shape index (κ1) is 9.22. The van der Waals surface area contributed by atoms with Gasteiger partial charge >= 0.3 is 0 Å². The molecule has 0 saturated heterocycles. The quantitative estimate of drug-likeness (QED) is 0.836. The SMILES string of the molecule is CNCC1Cc2ccc(Br)cc2C1. The number of nitrogens with one attached hydrogen (secondary N) is 1. The molecule has 1 unspecified atom stereocenters. The Kier molecular flexibility index (Phi) is 2.70. The van der Waals surface area contributed by atoms with Crippen LogP contribution in [0.5, 0.6) is 0 Å². The van der Waals surface area contributed by atoms with Gasteiger partial charge in [-0.25, -0.2) is 0 Å². The van der Waals surface area contributed by atoms with Crippen LogP contribution in [0, 0.1) is 5.92 Å². The summed E-state index contributed by atoms with van der Waals surface area (Å²) in [5.41, 5.74) is 3.05. The summed E-state index contributed by atoms with van der Waals surface area (Å²) in [6, 6.07) is 6.64. The van der Waals surface area contributed by atoms with Crippen molar-refractivity contribution in [2.75, 3.05) is 13.6 Å². The second kappa shape index (κ2) is 3.81. The van der Waals surface area contributed by atoms with Crippen LogP contribution in [-0.2, 0) is 12.8 Å². The number of benzene rings is 1. The molecule has 0 radical (unpaired) electrons. The van der Waals surface area contributed by atoms with E-state index in [0.717, 1.165) is 12.5 Å². The van der Waals surface area contributed by atoms with Crippen LogP contribution < -0.4 is 5.32 Å². The van der Waals surface area contributed by atoms with Crippen LogP contribution >= 0.6 is 15.9 Å². The van der Waals surface area contributed by atoms with Gasteiger partial charge in [-0.05, 0) is 55.6 Å². The Morgan fingerprint density at radius 1 is 1.38 bits per heavy atom. The molecule has 1 aliphatic carbocycles. The molecule has 0 spiro atoms. The molecular formula is C11H14BrN. The van der Waals surface area contributed by atoms with Crippen LogP contribution in [-0.4, -0.2) is 13.6 Å². The number of rotatable bonds is 2. The Bertz CT molecular complexity index is 309. The van der Waals surface area contributed by atoms with E-state index >= 15 is 0 Å². The van der Waals surface area contributed by atoms with Gasteiger partial charge in [0.25, 0.3) is 0 Å². The van der Waals surface area contributed by atoms with E-state index in [2.05, 4.69) is 39.4 Å². The predicted molar refractivity (Wildman–Crippen MR) is 59.0 cm³/mol. The van der Waals surface area contributed by atoms with E-state index in [0.29, 0.717) is 0 Å². The van der Waals surface area contributed by atoms with Gasteiger partial charge in [-0.3, -0.25) is 0 Å². The molecule has 0 bridgehead atoms. The molecule has 2 rings (SSSR count). The Morgan fingerprint density at radius 2 is 2.15 bits per heavy atom. The lowest BCUT2D eigenvalue weighted by atomic mass is 10.1. The average molecular weight is 240 g/mol. The molecule has 1 aromatic carbocycles. The summed E-state index contributed by atoms with van der Waals surface area (Å²) in [4.78, 5) is 0. The summed E-state index contributed by atoms with van der Waals surface area (Å²) in [5.74, 6) is 0.800. The van der Waals surface area contributed by atoms with Crippen molar-refractivity contribution in [3.63, 3.8) is 0 Å². The first-order valence-electron chi connectivity index (χ1n) is 4.71. The van der Waals surface area contributed by atoms with Gasteiger partial charge in [-0.15, -0.1) is 0 Å². The van der Waals surface area contributed by atoms with Crippen LogP contribution in [0.25, 0.3) is 0 Å². The second-order valence-electron chi connectivity index (χ2n) is 3.74. The Labute approximate surface area is 87.7 Å². The van der Waals surface area contributed by atoms with Crippen LogP contribution in [0.3, 0.4) is 0 Å². The minimum atomic E-state index is 0.800. The zero-order valence-electron chi connectivity index (χ0n) is 7.81. The lowest BCUT2D eigenvalue weighted by molar-refractivity contribution is 0.526.